The zero-order chi connectivity index (χ0) is 14.9. The van der Waals surface area contributed by atoms with Crippen molar-refractivity contribution < 1.29 is 22.4 Å². The number of Topliss-reactive ketones (excluding diaryl/α,β-unsaturated/α-hetero) is 1. The normalized spacial score (nSPS) is 10.7. The highest BCUT2D eigenvalue weighted by molar-refractivity contribution is 9.10. The zero-order valence-corrected chi connectivity index (χ0v) is 11.5. The molecule has 0 aliphatic carbocycles. The fourth-order valence-electron chi connectivity index (χ4n) is 1.67. The van der Waals surface area contributed by atoms with Crippen molar-refractivity contribution in [1.29, 1.82) is 0 Å². The fraction of sp³-hybridized carbons (Fsp3) is 0.0714. The van der Waals surface area contributed by atoms with Gasteiger partial charge in [-0.05, 0) is 39.7 Å². The van der Waals surface area contributed by atoms with Crippen LogP contribution in [-0.2, 0) is 6.42 Å². The summed E-state index contributed by atoms with van der Waals surface area (Å²) in [5.41, 5.74) is -0.562. The van der Waals surface area contributed by atoms with Gasteiger partial charge in [-0.15, -0.1) is 0 Å². The van der Waals surface area contributed by atoms with Crippen LogP contribution in [0, 0.1) is 23.3 Å². The Morgan fingerprint density at radius 2 is 1.65 bits per heavy atom. The predicted molar refractivity (Wildman–Crippen MR) is 68.5 cm³/mol. The van der Waals surface area contributed by atoms with Crippen molar-refractivity contribution in [3.63, 3.8) is 0 Å². The minimum absolute atomic E-state index is 0.0841. The van der Waals surface area contributed by atoms with Crippen molar-refractivity contribution in [1.82, 2.24) is 0 Å². The summed E-state index contributed by atoms with van der Waals surface area (Å²) in [6.07, 6.45) is -0.482. The zero-order valence-electron chi connectivity index (χ0n) is 9.89. The van der Waals surface area contributed by atoms with Crippen LogP contribution < -0.4 is 0 Å². The summed E-state index contributed by atoms with van der Waals surface area (Å²) in [5.74, 6) is -4.18. The van der Waals surface area contributed by atoms with Gasteiger partial charge in [-0.25, -0.2) is 17.6 Å². The molecule has 0 N–H and O–H groups in total. The van der Waals surface area contributed by atoms with Crippen LogP contribution in [0.15, 0.2) is 34.8 Å². The second kappa shape index (κ2) is 5.75. The van der Waals surface area contributed by atoms with E-state index in [4.69, 9.17) is 0 Å². The molecule has 0 saturated carbocycles. The molecule has 0 heterocycles. The molecular weight excluding hydrogens is 340 g/mol. The highest BCUT2D eigenvalue weighted by Gasteiger charge is 2.17. The van der Waals surface area contributed by atoms with E-state index in [-0.39, 0.29) is 10.0 Å². The molecule has 104 valence electrons. The van der Waals surface area contributed by atoms with Crippen LogP contribution in [0.5, 0.6) is 0 Å². The summed E-state index contributed by atoms with van der Waals surface area (Å²) in [5, 5.41) is 0. The number of hydrogen-bond acceptors (Lipinski definition) is 1. The van der Waals surface area contributed by atoms with Crippen molar-refractivity contribution in [3.05, 3.63) is 69.2 Å². The van der Waals surface area contributed by atoms with Crippen LogP contribution in [-0.4, -0.2) is 5.78 Å². The van der Waals surface area contributed by atoms with E-state index in [0.717, 1.165) is 24.3 Å². The number of carbonyl (C=O) groups is 1. The minimum Gasteiger partial charge on any atom is -0.294 e. The molecule has 0 unspecified atom stereocenters. The molecule has 0 aromatic heterocycles. The van der Waals surface area contributed by atoms with Crippen LogP contribution >= 0.6 is 15.9 Å². The molecule has 0 aliphatic rings. The number of halogens is 5. The Labute approximate surface area is 120 Å². The SMILES string of the molecule is O=C(Cc1ccc(F)cc1F)c1cc(F)c(Br)cc1F. The van der Waals surface area contributed by atoms with Crippen LogP contribution in [0.4, 0.5) is 17.6 Å². The summed E-state index contributed by atoms with van der Waals surface area (Å²) in [7, 11) is 0. The van der Waals surface area contributed by atoms with Crippen LogP contribution in [0.1, 0.15) is 15.9 Å². The molecule has 20 heavy (non-hydrogen) atoms. The molecule has 0 atom stereocenters. The number of hydrogen-bond donors (Lipinski definition) is 0. The topological polar surface area (TPSA) is 17.1 Å². The van der Waals surface area contributed by atoms with Crippen molar-refractivity contribution in [3.8, 4) is 0 Å². The average molecular weight is 347 g/mol. The van der Waals surface area contributed by atoms with E-state index in [0.29, 0.717) is 6.07 Å². The van der Waals surface area contributed by atoms with Gasteiger partial charge in [-0.2, -0.15) is 0 Å². The van der Waals surface area contributed by atoms with Gasteiger partial charge in [0.2, 0.25) is 0 Å². The first-order chi connectivity index (χ1) is 9.38. The maximum absolute atomic E-state index is 13.6. The maximum Gasteiger partial charge on any atom is 0.170 e. The van der Waals surface area contributed by atoms with Crippen molar-refractivity contribution in [2.75, 3.05) is 0 Å². The number of rotatable bonds is 3. The third-order valence-corrected chi connectivity index (χ3v) is 3.28. The Morgan fingerprint density at radius 3 is 2.30 bits per heavy atom. The maximum atomic E-state index is 13.6. The summed E-state index contributed by atoms with van der Waals surface area (Å²) >= 11 is 2.79. The molecule has 0 fully saturated rings. The van der Waals surface area contributed by atoms with Crippen molar-refractivity contribution in [2.45, 2.75) is 6.42 Å². The van der Waals surface area contributed by atoms with Crippen molar-refractivity contribution in [2.24, 2.45) is 0 Å². The molecule has 0 aliphatic heterocycles. The number of ketones is 1. The molecule has 0 bridgehead atoms. The first kappa shape index (κ1) is 14.7. The monoisotopic (exact) mass is 346 g/mol. The van der Waals surface area contributed by atoms with Crippen LogP contribution in [0.25, 0.3) is 0 Å². The Bertz CT molecular complexity index is 685. The Balaban J connectivity index is 2.31. The molecule has 0 radical (unpaired) electrons. The Hall–Kier alpha value is -1.69. The van der Waals surface area contributed by atoms with E-state index in [1.807, 2.05) is 0 Å². The second-order valence-electron chi connectivity index (χ2n) is 4.08. The minimum atomic E-state index is -0.911. The highest BCUT2D eigenvalue weighted by atomic mass is 79.9. The molecule has 2 aromatic carbocycles. The highest BCUT2D eigenvalue weighted by Crippen LogP contribution is 2.21. The van der Waals surface area contributed by atoms with E-state index in [1.165, 1.54) is 0 Å². The lowest BCUT2D eigenvalue weighted by Crippen LogP contribution is -2.08. The summed E-state index contributed by atoms with van der Waals surface area (Å²) in [4.78, 5) is 11.9. The first-order valence-corrected chi connectivity index (χ1v) is 6.29. The van der Waals surface area contributed by atoms with Gasteiger partial charge in [0.05, 0.1) is 10.0 Å². The summed E-state index contributed by atoms with van der Waals surface area (Å²) < 4.78 is 52.9. The Kier molecular flexibility index (Phi) is 4.23. The lowest BCUT2D eigenvalue weighted by Gasteiger charge is -2.05. The Morgan fingerprint density at radius 1 is 0.950 bits per heavy atom. The average Bonchev–Trinajstić information content (AvgIpc) is 2.37. The van der Waals surface area contributed by atoms with E-state index in [9.17, 15) is 22.4 Å². The standard InChI is InChI=1S/C14H7BrF4O/c15-10-6-12(18)9(5-13(10)19)14(20)3-7-1-2-8(16)4-11(7)17/h1-2,4-6H,3H2. The molecule has 2 rings (SSSR count). The second-order valence-corrected chi connectivity index (χ2v) is 4.94. The van der Waals surface area contributed by atoms with E-state index < -0.39 is 41.0 Å². The smallest absolute Gasteiger partial charge is 0.170 e. The van der Waals surface area contributed by atoms with Crippen molar-refractivity contribution >= 4 is 21.7 Å². The molecule has 0 saturated heterocycles. The van der Waals surface area contributed by atoms with Gasteiger partial charge < -0.3 is 0 Å². The van der Waals surface area contributed by atoms with E-state index in [1.54, 1.807) is 0 Å². The molecular formula is C14H7BrF4O. The quantitative estimate of drug-likeness (QED) is 0.456. The van der Waals surface area contributed by atoms with Gasteiger partial charge in [-0.3, -0.25) is 4.79 Å². The summed E-state index contributed by atoms with van der Waals surface area (Å²) in [6.45, 7) is 0. The third kappa shape index (κ3) is 3.07. The van der Waals surface area contributed by atoms with Gasteiger partial charge in [0, 0.05) is 12.5 Å². The van der Waals surface area contributed by atoms with Crippen LogP contribution in [0.2, 0.25) is 0 Å². The number of benzene rings is 2. The van der Waals surface area contributed by atoms with E-state index >= 15 is 0 Å². The van der Waals surface area contributed by atoms with Gasteiger partial charge >= 0.3 is 0 Å². The predicted octanol–water partition coefficient (Wildman–Crippen LogP) is 4.43. The van der Waals surface area contributed by atoms with Gasteiger partial charge in [0.1, 0.15) is 23.3 Å². The van der Waals surface area contributed by atoms with Crippen LogP contribution in [0.3, 0.4) is 0 Å². The number of carbonyl (C=O) groups excluding carboxylic acids is 1. The fourth-order valence-corrected chi connectivity index (χ4v) is 1.98. The first-order valence-electron chi connectivity index (χ1n) is 5.50. The molecule has 0 amide bonds. The van der Waals surface area contributed by atoms with Gasteiger partial charge in [-0.1, -0.05) is 6.07 Å². The third-order valence-electron chi connectivity index (χ3n) is 2.68. The lowest BCUT2D eigenvalue weighted by atomic mass is 10.0. The van der Waals surface area contributed by atoms with Gasteiger partial charge in [0.25, 0.3) is 0 Å². The lowest BCUT2D eigenvalue weighted by molar-refractivity contribution is 0.0987. The van der Waals surface area contributed by atoms with Gasteiger partial charge in [0.15, 0.2) is 5.78 Å². The molecule has 0 spiro atoms. The van der Waals surface area contributed by atoms with E-state index in [2.05, 4.69) is 15.9 Å². The molecule has 6 heteroatoms. The molecule has 1 nitrogen and oxygen atoms in total. The summed E-state index contributed by atoms with van der Waals surface area (Å²) in [6, 6.07) is 4.27. The molecule has 2 aromatic rings. The largest absolute Gasteiger partial charge is 0.294 e.